The fourth-order valence-corrected chi connectivity index (χ4v) is 7.96. The van der Waals surface area contributed by atoms with Gasteiger partial charge in [0.1, 0.15) is 0 Å². The molecular formula is C40H24S. The Morgan fingerprint density at radius 2 is 0.976 bits per heavy atom. The van der Waals surface area contributed by atoms with Gasteiger partial charge < -0.3 is 0 Å². The lowest BCUT2D eigenvalue weighted by Crippen LogP contribution is -1.91. The summed E-state index contributed by atoms with van der Waals surface area (Å²) in [6, 6.07) is 53.7. The Balaban J connectivity index is 1.38. The largest absolute Gasteiger partial charge is 0.135 e. The zero-order valence-corrected chi connectivity index (χ0v) is 23.1. The summed E-state index contributed by atoms with van der Waals surface area (Å²) >= 11 is 1.90. The van der Waals surface area contributed by atoms with Gasteiger partial charge in [-0.3, -0.25) is 0 Å². The van der Waals surface area contributed by atoms with Crippen LogP contribution in [0, 0.1) is 0 Å². The standard InChI is InChI=1S/C40H24S/c1-2-8-25(9-3-1)26-16-18-27(19-17-26)35-24-36(34-14-7-13-33-30-12-4-5-15-37(30)41-40(33)34)32-23-21-29-11-6-10-28-20-22-31(35)39(32)38(28)29/h1-24H. The van der Waals surface area contributed by atoms with Gasteiger partial charge in [-0.25, -0.2) is 0 Å². The van der Waals surface area contributed by atoms with Crippen LogP contribution in [0.5, 0.6) is 0 Å². The molecule has 1 heteroatoms. The van der Waals surface area contributed by atoms with E-state index in [0.29, 0.717) is 0 Å². The number of benzene rings is 8. The summed E-state index contributed by atoms with van der Waals surface area (Å²) in [5, 5.41) is 10.6. The van der Waals surface area contributed by atoms with Gasteiger partial charge in [-0.05, 0) is 72.3 Å². The number of thiophene rings is 1. The van der Waals surface area contributed by atoms with Gasteiger partial charge in [0.15, 0.2) is 0 Å². The summed E-state index contributed by atoms with van der Waals surface area (Å²) < 4.78 is 2.69. The number of rotatable bonds is 3. The van der Waals surface area contributed by atoms with Crippen molar-refractivity contribution < 1.29 is 0 Å². The highest BCUT2D eigenvalue weighted by Crippen LogP contribution is 2.47. The van der Waals surface area contributed by atoms with Crippen LogP contribution in [0.15, 0.2) is 146 Å². The van der Waals surface area contributed by atoms with Crippen molar-refractivity contribution in [3.63, 3.8) is 0 Å². The lowest BCUT2D eigenvalue weighted by molar-refractivity contribution is 1.61. The minimum atomic E-state index is 1.24. The Morgan fingerprint density at radius 1 is 0.341 bits per heavy atom. The molecule has 0 atom stereocenters. The molecule has 0 aliphatic heterocycles. The molecule has 1 heterocycles. The monoisotopic (exact) mass is 536 g/mol. The zero-order valence-electron chi connectivity index (χ0n) is 22.3. The van der Waals surface area contributed by atoms with E-state index >= 15 is 0 Å². The van der Waals surface area contributed by atoms with Gasteiger partial charge in [0.25, 0.3) is 0 Å². The highest BCUT2D eigenvalue weighted by molar-refractivity contribution is 7.26. The van der Waals surface area contributed by atoms with Gasteiger partial charge in [0, 0.05) is 25.7 Å². The van der Waals surface area contributed by atoms with Crippen molar-refractivity contribution in [1.82, 2.24) is 0 Å². The summed E-state index contributed by atoms with van der Waals surface area (Å²) in [4.78, 5) is 0. The van der Waals surface area contributed by atoms with Crippen LogP contribution in [0.4, 0.5) is 0 Å². The first-order valence-electron chi connectivity index (χ1n) is 14.1. The molecule has 0 saturated heterocycles. The smallest absolute Gasteiger partial charge is 0.0434 e. The van der Waals surface area contributed by atoms with Gasteiger partial charge in [-0.2, -0.15) is 0 Å². The van der Waals surface area contributed by atoms with E-state index in [4.69, 9.17) is 0 Å². The molecule has 0 radical (unpaired) electrons. The zero-order chi connectivity index (χ0) is 26.9. The van der Waals surface area contributed by atoms with Crippen LogP contribution in [0.2, 0.25) is 0 Å². The lowest BCUT2D eigenvalue weighted by Gasteiger charge is -2.18. The summed E-state index contributed by atoms with van der Waals surface area (Å²) in [6.07, 6.45) is 0. The van der Waals surface area contributed by atoms with Crippen LogP contribution < -0.4 is 0 Å². The average Bonchev–Trinajstić information content (AvgIpc) is 3.43. The molecule has 0 fully saturated rings. The molecule has 0 aliphatic carbocycles. The molecule has 0 saturated carbocycles. The van der Waals surface area contributed by atoms with Crippen LogP contribution in [0.3, 0.4) is 0 Å². The predicted molar refractivity (Wildman–Crippen MR) is 179 cm³/mol. The van der Waals surface area contributed by atoms with E-state index in [2.05, 4.69) is 146 Å². The third-order valence-electron chi connectivity index (χ3n) is 8.64. The molecule has 41 heavy (non-hydrogen) atoms. The first-order chi connectivity index (χ1) is 20.3. The predicted octanol–water partition coefficient (Wildman–Crippen LogP) is 12.0. The fourth-order valence-electron chi connectivity index (χ4n) is 6.73. The average molecular weight is 537 g/mol. The highest BCUT2D eigenvalue weighted by Gasteiger charge is 2.19. The molecule has 190 valence electrons. The van der Waals surface area contributed by atoms with Crippen molar-refractivity contribution in [3.05, 3.63) is 146 Å². The quantitative estimate of drug-likeness (QED) is 0.197. The number of fused-ring (bicyclic) bond motifs is 3. The molecule has 0 aliphatic rings. The number of hydrogen-bond donors (Lipinski definition) is 0. The van der Waals surface area contributed by atoms with Crippen molar-refractivity contribution >= 4 is 63.8 Å². The fraction of sp³-hybridized carbons (Fsp3) is 0. The molecule has 0 N–H and O–H groups in total. The maximum absolute atomic E-state index is 2.44. The molecular weight excluding hydrogens is 513 g/mol. The SMILES string of the molecule is c1ccc(-c2ccc(-c3cc(-c4cccc5c4sc4ccccc45)c4ccc5cccc6ccc3c4c65)cc2)cc1. The van der Waals surface area contributed by atoms with E-state index in [9.17, 15) is 0 Å². The topological polar surface area (TPSA) is 0 Å². The first kappa shape index (κ1) is 22.8. The van der Waals surface area contributed by atoms with E-state index in [1.54, 1.807) is 0 Å². The van der Waals surface area contributed by atoms with Crippen molar-refractivity contribution in [2.45, 2.75) is 0 Å². The summed E-state index contributed by atoms with van der Waals surface area (Å²) in [5.41, 5.74) is 7.61. The van der Waals surface area contributed by atoms with Gasteiger partial charge in [0.2, 0.25) is 0 Å². The second kappa shape index (κ2) is 8.76. The van der Waals surface area contributed by atoms with Crippen LogP contribution in [-0.2, 0) is 0 Å². The van der Waals surface area contributed by atoms with Crippen molar-refractivity contribution in [3.8, 4) is 33.4 Å². The highest BCUT2D eigenvalue weighted by atomic mass is 32.1. The molecule has 0 bridgehead atoms. The van der Waals surface area contributed by atoms with Crippen LogP contribution in [0.1, 0.15) is 0 Å². The van der Waals surface area contributed by atoms with E-state index < -0.39 is 0 Å². The van der Waals surface area contributed by atoms with Crippen LogP contribution >= 0.6 is 11.3 Å². The maximum atomic E-state index is 2.44. The number of hydrogen-bond acceptors (Lipinski definition) is 1. The summed E-state index contributed by atoms with van der Waals surface area (Å²) in [7, 11) is 0. The molecule has 0 nitrogen and oxygen atoms in total. The Kier molecular flexibility index (Phi) is 4.87. The van der Waals surface area contributed by atoms with Crippen molar-refractivity contribution in [2.24, 2.45) is 0 Å². The van der Waals surface area contributed by atoms with Crippen molar-refractivity contribution in [2.75, 3.05) is 0 Å². The molecule has 0 spiro atoms. The third kappa shape index (κ3) is 3.40. The molecule has 8 aromatic carbocycles. The van der Waals surface area contributed by atoms with Gasteiger partial charge in [-0.1, -0.05) is 133 Å². The first-order valence-corrected chi connectivity index (χ1v) is 14.9. The minimum Gasteiger partial charge on any atom is -0.135 e. The Labute approximate surface area is 242 Å². The Hall–Kier alpha value is -4.98. The summed E-state index contributed by atoms with van der Waals surface area (Å²) in [5.74, 6) is 0. The van der Waals surface area contributed by atoms with E-state index in [-0.39, 0.29) is 0 Å². The van der Waals surface area contributed by atoms with E-state index in [0.717, 1.165) is 0 Å². The van der Waals surface area contributed by atoms with Gasteiger partial charge in [-0.15, -0.1) is 11.3 Å². The molecule has 0 unspecified atom stereocenters. The Bertz CT molecular complexity index is 2380. The Morgan fingerprint density at radius 3 is 1.78 bits per heavy atom. The maximum Gasteiger partial charge on any atom is 0.0434 e. The van der Waals surface area contributed by atoms with Crippen LogP contribution in [-0.4, -0.2) is 0 Å². The second-order valence-corrected chi connectivity index (χ2v) is 11.9. The minimum absolute atomic E-state index is 1.24. The molecule has 9 rings (SSSR count). The normalized spacial score (nSPS) is 11.9. The molecule has 1 aromatic heterocycles. The van der Waals surface area contributed by atoms with E-state index in [1.165, 1.54) is 85.9 Å². The van der Waals surface area contributed by atoms with Gasteiger partial charge >= 0.3 is 0 Å². The van der Waals surface area contributed by atoms with Crippen molar-refractivity contribution in [1.29, 1.82) is 0 Å². The molecule has 0 amide bonds. The van der Waals surface area contributed by atoms with Crippen LogP contribution in [0.25, 0.3) is 85.9 Å². The molecule has 9 aromatic rings. The second-order valence-electron chi connectivity index (χ2n) is 10.9. The van der Waals surface area contributed by atoms with E-state index in [1.807, 2.05) is 11.3 Å². The third-order valence-corrected chi connectivity index (χ3v) is 9.86. The summed E-state index contributed by atoms with van der Waals surface area (Å²) in [6.45, 7) is 0. The lowest BCUT2D eigenvalue weighted by atomic mass is 9.85. The van der Waals surface area contributed by atoms with Gasteiger partial charge in [0.05, 0.1) is 0 Å².